The van der Waals surface area contributed by atoms with Crippen molar-refractivity contribution in [3.63, 3.8) is 0 Å². The van der Waals surface area contributed by atoms with Crippen LogP contribution < -0.4 is 0 Å². The molecule has 0 saturated heterocycles. The van der Waals surface area contributed by atoms with Gasteiger partial charge in [-0.15, -0.1) is 0 Å². The van der Waals surface area contributed by atoms with Crippen LogP contribution in [0, 0.1) is 0 Å². The van der Waals surface area contributed by atoms with Gasteiger partial charge in [-0.2, -0.15) is 0 Å². The van der Waals surface area contributed by atoms with Crippen LogP contribution in [0.1, 0.15) is 21.5 Å². The first kappa shape index (κ1) is 13.9. The molecule has 0 radical (unpaired) electrons. The summed E-state index contributed by atoms with van der Waals surface area (Å²) >= 11 is 4.13. The van der Waals surface area contributed by atoms with E-state index < -0.39 is 11.1 Å². The van der Waals surface area contributed by atoms with Crippen LogP contribution in [0.2, 0.25) is 5.02 Å². The maximum atomic E-state index is 12.2. The third-order valence-corrected chi connectivity index (χ3v) is 3.50. The van der Waals surface area contributed by atoms with Crippen molar-refractivity contribution in [2.45, 2.75) is 5.75 Å². The monoisotopic (exact) mass is 294 g/mol. The average molecular weight is 295 g/mol. The average Bonchev–Trinajstić information content (AvgIpc) is 2.38. The van der Waals surface area contributed by atoms with E-state index in [1.54, 1.807) is 42.5 Å². The molecular weight excluding hydrogens is 284 g/mol. The summed E-state index contributed by atoms with van der Waals surface area (Å²) in [5.74, 6) is -0.165. The minimum Gasteiger partial charge on any atom is -0.306 e. The van der Waals surface area contributed by atoms with Crippen LogP contribution >= 0.6 is 11.6 Å². The molecular formula is C14H11ClO3S. The molecule has 98 valence electrons. The third-order valence-electron chi connectivity index (χ3n) is 2.60. The van der Waals surface area contributed by atoms with E-state index in [2.05, 4.69) is 0 Å². The molecule has 19 heavy (non-hydrogen) atoms. The second-order valence-corrected chi connectivity index (χ2v) is 5.31. The van der Waals surface area contributed by atoms with E-state index in [1.165, 1.54) is 0 Å². The van der Waals surface area contributed by atoms with Gasteiger partial charge < -0.3 is 4.55 Å². The highest BCUT2D eigenvalue weighted by Gasteiger charge is 2.13. The maximum absolute atomic E-state index is 12.2. The van der Waals surface area contributed by atoms with Crippen LogP contribution in [0.15, 0.2) is 48.5 Å². The van der Waals surface area contributed by atoms with Gasteiger partial charge in [-0.05, 0) is 17.7 Å². The van der Waals surface area contributed by atoms with Crippen molar-refractivity contribution in [1.82, 2.24) is 0 Å². The van der Waals surface area contributed by atoms with Gasteiger partial charge in [-0.25, -0.2) is 4.21 Å². The third kappa shape index (κ3) is 3.50. The SMILES string of the molecule is O=C(c1ccccc1)c1ccc(CS(=O)O)cc1Cl. The molecule has 0 spiro atoms. The van der Waals surface area contributed by atoms with Crippen LogP contribution in [0.4, 0.5) is 0 Å². The zero-order chi connectivity index (χ0) is 13.8. The van der Waals surface area contributed by atoms with Gasteiger partial charge in [-0.1, -0.05) is 48.0 Å². The molecule has 0 bridgehead atoms. The molecule has 0 heterocycles. The lowest BCUT2D eigenvalue weighted by Crippen LogP contribution is -2.03. The van der Waals surface area contributed by atoms with Crippen LogP contribution in [-0.2, 0) is 16.8 Å². The number of benzene rings is 2. The topological polar surface area (TPSA) is 54.4 Å². The quantitative estimate of drug-likeness (QED) is 0.695. The van der Waals surface area contributed by atoms with E-state index in [0.717, 1.165) is 0 Å². The zero-order valence-electron chi connectivity index (χ0n) is 9.88. The molecule has 0 aliphatic heterocycles. The summed E-state index contributed by atoms with van der Waals surface area (Å²) in [6, 6.07) is 13.6. The lowest BCUT2D eigenvalue weighted by Gasteiger charge is -2.05. The highest BCUT2D eigenvalue weighted by Crippen LogP contribution is 2.21. The molecule has 0 aliphatic carbocycles. The van der Waals surface area contributed by atoms with E-state index in [-0.39, 0.29) is 16.6 Å². The van der Waals surface area contributed by atoms with Crippen molar-refractivity contribution in [1.29, 1.82) is 0 Å². The zero-order valence-corrected chi connectivity index (χ0v) is 11.4. The summed E-state index contributed by atoms with van der Waals surface area (Å²) in [5.41, 5.74) is 1.57. The molecule has 2 rings (SSSR count). The second-order valence-electron chi connectivity index (χ2n) is 3.98. The van der Waals surface area contributed by atoms with Gasteiger partial charge in [0.05, 0.1) is 10.8 Å². The molecule has 0 saturated carbocycles. The summed E-state index contributed by atoms with van der Waals surface area (Å²) in [4.78, 5) is 12.2. The van der Waals surface area contributed by atoms with Gasteiger partial charge in [0.2, 0.25) is 0 Å². The number of hydrogen-bond acceptors (Lipinski definition) is 2. The van der Waals surface area contributed by atoms with Gasteiger partial charge >= 0.3 is 0 Å². The minimum atomic E-state index is -1.92. The number of rotatable bonds is 4. The van der Waals surface area contributed by atoms with Gasteiger partial charge in [-0.3, -0.25) is 4.79 Å². The summed E-state index contributed by atoms with van der Waals surface area (Å²) in [7, 11) is 0. The number of hydrogen-bond donors (Lipinski definition) is 1. The van der Waals surface area contributed by atoms with E-state index in [1.807, 2.05) is 6.07 Å². The molecule has 0 aromatic heterocycles. The Morgan fingerprint density at radius 1 is 1.16 bits per heavy atom. The number of ketones is 1. The smallest absolute Gasteiger partial charge is 0.194 e. The molecule has 2 aromatic carbocycles. The summed E-state index contributed by atoms with van der Waals surface area (Å²) < 4.78 is 19.5. The van der Waals surface area contributed by atoms with Crippen LogP contribution in [0.25, 0.3) is 0 Å². The fourth-order valence-corrected chi connectivity index (χ4v) is 2.47. The summed E-state index contributed by atoms with van der Waals surface area (Å²) in [6.45, 7) is 0. The molecule has 1 N–H and O–H groups in total. The van der Waals surface area contributed by atoms with Crippen molar-refractivity contribution < 1.29 is 13.6 Å². The van der Waals surface area contributed by atoms with E-state index in [4.69, 9.17) is 16.2 Å². The highest BCUT2D eigenvalue weighted by molar-refractivity contribution is 7.78. The Morgan fingerprint density at radius 3 is 2.42 bits per heavy atom. The molecule has 0 amide bonds. The second kappa shape index (κ2) is 6.10. The molecule has 1 unspecified atom stereocenters. The molecule has 3 nitrogen and oxygen atoms in total. The van der Waals surface area contributed by atoms with Crippen LogP contribution in [0.5, 0.6) is 0 Å². The lowest BCUT2D eigenvalue weighted by molar-refractivity contribution is 0.103. The van der Waals surface area contributed by atoms with Gasteiger partial charge in [0.25, 0.3) is 0 Å². The van der Waals surface area contributed by atoms with Gasteiger partial charge in [0, 0.05) is 11.1 Å². The molecule has 0 fully saturated rings. The Kier molecular flexibility index (Phi) is 4.47. The van der Waals surface area contributed by atoms with Crippen molar-refractivity contribution >= 4 is 28.5 Å². The lowest BCUT2D eigenvalue weighted by atomic mass is 10.0. The standard InChI is InChI=1S/C14H11ClO3S/c15-13-8-10(9-19(17)18)6-7-12(13)14(16)11-4-2-1-3-5-11/h1-8H,9H2,(H,17,18). The first-order chi connectivity index (χ1) is 9.08. The molecule has 5 heteroatoms. The Balaban J connectivity index is 2.31. The first-order valence-corrected chi connectivity index (χ1v) is 7.19. The van der Waals surface area contributed by atoms with Crippen molar-refractivity contribution in [2.24, 2.45) is 0 Å². The van der Waals surface area contributed by atoms with Crippen molar-refractivity contribution in [3.8, 4) is 0 Å². The molecule has 2 aromatic rings. The number of carbonyl (C=O) groups is 1. The normalized spacial score (nSPS) is 12.1. The molecule has 1 atom stereocenters. The highest BCUT2D eigenvalue weighted by atomic mass is 35.5. The Hall–Kier alpha value is -1.49. The predicted molar refractivity (Wildman–Crippen MR) is 75.8 cm³/mol. The van der Waals surface area contributed by atoms with Crippen LogP contribution in [0.3, 0.4) is 0 Å². The van der Waals surface area contributed by atoms with Crippen LogP contribution in [-0.4, -0.2) is 14.5 Å². The van der Waals surface area contributed by atoms with E-state index in [0.29, 0.717) is 16.7 Å². The predicted octanol–water partition coefficient (Wildman–Crippen LogP) is 3.29. The summed E-state index contributed by atoms with van der Waals surface area (Å²) in [6.07, 6.45) is 0. The summed E-state index contributed by atoms with van der Waals surface area (Å²) in [5, 5.41) is 0.289. The van der Waals surface area contributed by atoms with E-state index in [9.17, 15) is 9.00 Å². The number of carbonyl (C=O) groups excluding carboxylic acids is 1. The molecule has 0 aliphatic rings. The fraction of sp³-hybridized carbons (Fsp3) is 0.0714. The first-order valence-electron chi connectivity index (χ1n) is 5.53. The Bertz CT molecular complexity index is 626. The largest absolute Gasteiger partial charge is 0.306 e. The fourth-order valence-electron chi connectivity index (χ4n) is 1.72. The van der Waals surface area contributed by atoms with Gasteiger partial charge in [0.1, 0.15) is 0 Å². The van der Waals surface area contributed by atoms with Gasteiger partial charge in [0.15, 0.2) is 16.9 Å². The number of halogens is 1. The maximum Gasteiger partial charge on any atom is 0.194 e. The minimum absolute atomic E-state index is 0.000469. The van der Waals surface area contributed by atoms with Crippen molar-refractivity contribution in [2.75, 3.05) is 0 Å². The Labute approximate surface area is 118 Å². The van der Waals surface area contributed by atoms with E-state index >= 15 is 0 Å². The Morgan fingerprint density at radius 2 is 1.84 bits per heavy atom. The van der Waals surface area contributed by atoms with Crippen molar-refractivity contribution in [3.05, 3.63) is 70.2 Å².